The summed E-state index contributed by atoms with van der Waals surface area (Å²) in [5, 5.41) is 0. The molecule has 1 aliphatic carbocycles. The number of halogens is 2. The summed E-state index contributed by atoms with van der Waals surface area (Å²) >= 11 is 3.36. The number of amides is 2. The number of rotatable bonds is 2. The molecule has 0 aromatic heterocycles. The SMILES string of the molecule is O=C1[C@H]2[C@H](c3ccc(Br)cc3)OC3(C(=O)c4ccccc4C3=O)[C@H]2C(=O)N1c1cccc(F)c1. The van der Waals surface area contributed by atoms with Crippen LogP contribution in [0.25, 0.3) is 0 Å². The second-order valence-corrected chi connectivity index (χ2v) is 9.44. The molecule has 0 unspecified atom stereocenters. The van der Waals surface area contributed by atoms with Crippen LogP contribution in [0.3, 0.4) is 0 Å². The quantitative estimate of drug-likeness (QED) is 0.372. The number of ketones is 2. The van der Waals surface area contributed by atoms with Gasteiger partial charge in [0, 0.05) is 15.6 Å². The van der Waals surface area contributed by atoms with Crippen molar-refractivity contribution in [2.75, 3.05) is 4.90 Å². The van der Waals surface area contributed by atoms with Gasteiger partial charge in [-0.3, -0.25) is 19.2 Å². The molecular weight excluding hydrogens is 505 g/mol. The van der Waals surface area contributed by atoms with Crippen LogP contribution in [0.1, 0.15) is 32.4 Å². The Morgan fingerprint density at radius 3 is 2.09 bits per heavy atom. The van der Waals surface area contributed by atoms with Gasteiger partial charge in [0.1, 0.15) is 5.82 Å². The predicted octanol–water partition coefficient (Wildman–Crippen LogP) is 4.28. The van der Waals surface area contributed by atoms with Crippen molar-refractivity contribution in [3.05, 3.63) is 99.8 Å². The standard InChI is InChI=1S/C26H15BrFNO5/c27-14-10-8-13(9-11-14)21-19-20(25(33)29(24(19)32)16-5-3-4-15(28)12-16)26(34-21)22(30)17-6-1-2-7-18(17)23(26)31/h1-12,19-21H/t19-,20-,21+/m1/s1. The molecule has 1 spiro atoms. The number of fused-ring (bicyclic) bond motifs is 3. The highest BCUT2D eigenvalue weighted by Crippen LogP contribution is 2.57. The van der Waals surface area contributed by atoms with Gasteiger partial charge in [0.15, 0.2) is 0 Å². The fraction of sp³-hybridized carbons (Fsp3) is 0.154. The third-order valence-electron chi connectivity index (χ3n) is 6.78. The zero-order valence-electron chi connectivity index (χ0n) is 17.4. The van der Waals surface area contributed by atoms with Crippen molar-refractivity contribution in [3.63, 3.8) is 0 Å². The average molecular weight is 520 g/mol. The van der Waals surface area contributed by atoms with E-state index >= 15 is 0 Å². The molecule has 2 saturated heterocycles. The van der Waals surface area contributed by atoms with Crippen molar-refractivity contribution in [2.24, 2.45) is 11.8 Å². The molecule has 34 heavy (non-hydrogen) atoms. The molecule has 0 bridgehead atoms. The van der Waals surface area contributed by atoms with Gasteiger partial charge >= 0.3 is 0 Å². The number of carbonyl (C=O) groups excluding carboxylic acids is 4. The number of Topliss-reactive ketones (excluding diaryl/α,β-unsaturated/α-hetero) is 2. The van der Waals surface area contributed by atoms with Crippen molar-refractivity contribution in [1.29, 1.82) is 0 Å². The number of hydrogen-bond donors (Lipinski definition) is 0. The molecule has 0 N–H and O–H groups in total. The zero-order valence-corrected chi connectivity index (χ0v) is 19.0. The van der Waals surface area contributed by atoms with Gasteiger partial charge in [-0.2, -0.15) is 0 Å². The Labute approximate surface area is 201 Å². The lowest BCUT2D eigenvalue weighted by molar-refractivity contribution is -0.127. The summed E-state index contributed by atoms with van der Waals surface area (Å²) < 4.78 is 20.9. The highest BCUT2D eigenvalue weighted by Gasteiger charge is 2.74. The number of hydrogen-bond acceptors (Lipinski definition) is 5. The Bertz CT molecular complexity index is 1380. The number of nitrogens with zero attached hydrogens (tertiary/aromatic N) is 1. The van der Waals surface area contributed by atoms with E-state index in [-0.39, 0.29) is 16.8 Å². The van der Waals surface area contributed by atoms with Crippen LogP contribution in [0.5, 0.6) is 0 Å². The summed E-state index contributed by atoms with van der Waals surface area (Å²) in [6.45, 7) is 0. The van der Waals surface area contributed by atoms with E-state index in [4.69, 9.17) is 4.74 Å². The van der Waals surface area contributed by atoms with Gasteiger partial charge < -0.3 is 4.74 Å². The van der Waals surface area contributed by atoms with Gasteiger partial charge in [0.25, 0.3) is 0 Å². The second kappa shape index (κ2) is 7.25. The van der Waals surface area contributed by atoms with E-state index in [0.29, 0.717) is 5.56 Å². The first-order valence-electron chi connectivity index (χ1n) is 10.6. The molecule has 3 atom stereocenters. The molecule has 2 fully saturated rings. The van der Waals surface area contributed by atoms with Crippen LogP contribution in [0.15, 0.2) is 77.3 Å². The highest BCUT2D eigenvalue weighted by molar-refractivity contribution is 9.10. The predicted molar refractivity (Wildman–Crippen MR) is 122 cm³/mol. The molecule has 0 radical (unpaired) electrons. The summed E-state index contributed by atoms with van der Waals surface area (Å²) in [5.41, 5.74) is -1.24. The molecule has 6 rings (SSSR count). The van der Waals surface area contributed by atoms with Crippen molar-refractivity contribution < 1.29 is 28.3 Å². The second-order valence-electron chi connectivity index (χ2n) is 8.52. The number of benzene rings is 3. The number of carbonyl (C=O) groups is 4. The molecule has 3 aromatic carbocycles. The highest BCUT2D eigenvalue weighted by atomic mass is 79.9. The Kier molecular flexibility index (Phi) is 4.49. The van der Waals surface area contributed by atoms with Crippen molar-refractivity contribution in [3.8, 4) is 0 Å². The molecule has 6 nitrogen and oxygen atoms in total. The van der Waals surface area contributed by atoms with E-state index in [2.05, 4.69) is 15.9 Å². The normalized spacial score (nSPS) is 24.8. The van der Waals surface area contributed by atoms with Crippen molar-refractivity contribution >= 4 is 45.0 Å². The minimum absolute atomic E-state index is 0.0458. The molecule has 2 heterocycles. The summed E-state index contributed by atoms with van der Waals surface area (Å²) in [7, 11) is 0. The third kappa shape index (κ3) is 2.63. The average Bonchev–Trinajstić information content (AvgIpc) is 3.40. The maximum atomic E-state index is 14.0. The lowest BCUT2D eigenvalue weighted by Gasteiger charge is -2.27. The molecule has 0 saturated carbocycles. The molecule has 3 aliphatic rings. The number of ether oxygens (including phenoxy) is 1. The van der Waals surface area contributed by atoms with Crippen LogP contribution in [0, 0.1) is 17.7 Å². The van der Waals surface area contributed by atoms with Gasteiger partial charge in [-0.05, 0) is 35.9 Å². The van der Waals surface area contributed by atoms with E-state index in [1.807, 2.05) is 0 Å². The van der Waals surface area contributed by atoms with Crippen molar-refractivity contribution in [1.82, 2.24) is 0 Å². The largest absolute Gasteiger partial charge is 0.349 e. The van der Waals surface area contributed by atoms with Crippen LogP contribution in [-0.2, 0) is 14.3 Å². The maximum absolute atomic E-state index is 14.0. The van der Waals surface area contributed by atoms with E-state index in [1.165, 1.54) is 30.3 Å². The van der Waals surface area contributed by atoms with Crippen LogP contribution >= 0.6 is 15.9 Å². The first-order chi connectivity index (χ1) is 16.3. The monoisotopic (exact) mass is 519 g/mol. The molecule has 168 valence electrons. The lowest BCUT2D eigenvalue weighted by atomic mass is 9.77. The fourth-order valence-corrected chi connectivity index (χ4v) is 5.60. The first-order valence-corrected chi connectivity index (χ1v) is 11.4. The van der Waals surface area contributed by atoms with Gasteiger partial charge in [-0.15, -0.1) is 0 Å². The summed E-state index contributed by atoms with van der Waals surface area (Å²) in [6, 6.07) is 18.3. The third-order valence-corrected chi connectivity index (χ3v) is 7.31. The Hall–Kier alpha value is -3.49. The smallest absolute Gasteiger partial charge is 0.241 e. The maximum Gasteiger partial charge on any atom is 0.241 e. The topological polar surface area (TPSA) is 80.8 Å². The zero-order chi connectivity index (χ0) is 23.8. The van der Waals surface area contributed by atoms with Gasteiger partial charge in [-0.25, -0.2) is 9.29 Å². The number of imide groups is 1. The molecule has 8 heteroatoms. The summed E-state index contributed by atoms with van der Waals surface area (Å²) in [6.07, 6.45) is -1.02. The van der Waals surface area contributed by atoms with Crippen LogP contribution in [0.4, 0.5) is 10.1 Å². The van der Waals surface area contributed by atoms with E-state index < -0.39 is 52.7 Å². The minimum Gasteiger partial charge on any atom is -0.349 e. The summed E-state index contributed by atoms with van der Waals surface area (Å²) in [5.74, 6) is -5.78. The van der Waals surface area contributed by atoms with Crippen molar-refractivity contribution in [2.45, 2.75) is 11.7 Å². The van der Waals surface area contributed by atoms with Gasteiger partial charge in [0.2, 0.25) is 29.0 Å². The van der Waals surface area contributed by atoms with E-state index in [0.717, 1.165) is 15.4 Å². The lowest BCUT2D eigenvalue weighted by Crippen LogP contribution is -2.51. The van der Waals surface area contributed by atoms with Crippen LogP contribution in [0.2, 0.25) is 0 Å². The Morgan fingerprint density at radius 1 is 0.824 bits per heavy atom. The molecule has 2 aliphatic heterocycles. The van der Waals surface area contributed by atoms with Gasteiger partial charge in [-0.1, -0.05) is 58.4 Å². The minimum atomic E-state index is -2.15. The van der Waals surface area contributed by atoms with Crippen LogP contribution in [-0.4, -0.2) is 29.0 Å². The fourth-order valence-electron chi connectivity index (χ4n) is 5.34. The Balaban J connectivity index is 1.55. The first kappa shape index (κ1) is 21.1. The van der Waals surface area contributed by atoms with Crippen LogP contribution < -0.4 is 4.90 Å². The molecule has 2 amide bonds. The molecule has 3 aromatic rings. The van der Waals surface area contributed by atoms with E-state index in [9.17, 15) is 23.6 Å². The van der Waals surface area contributed by atoms with Gasteiger partial charge in [0.05, 0.1) is 23.6 Å². The van der Waals surface area contributed by atoms with E-state index in [1.54, 1.807) is 36.4 Å². The Morgan fingerprint density at radius 2 is 1.47 bits per heavy atom. The molecular formula is C26H15BrFNO5. The summed E-state index contributed by atoms with van der Waals surface area (Å²) in [4.78, 5) is 55.6. The number of anilines is 1.